The number of rotatable bonds is 7. The van der Waals surface area contributed by atoms with E-state index in [1.807, 2.05) is 29.2 Å². The van der Waals surface area contributed by atoms with Gasteiger partial charge in [-0.3, -0.25) is 9.59 Å². The molecule has 0 radical (unpaired) electrons. The molecule has 1 fully saturated rings. The lowest BCUT2D eigenvalue weighted by Crippen LogP contribution is -2.38. The molecule has 1 aliphatic heterocycles. The molecule has 0 saturated carbocycles. The zero-order valence-corrected chi connectivity index (χ0v) is 17.3. The number of nitriles is 1. The molecular formula is C24H27N3O3. The number of piperidine rings is 1. The molecule has 0 aromatic heterocycles. The fourth-order valence-corrected chi connectivity index (χ4v) is 3.70. The predicted molar refractivity (Wildman–Crippen MR) is 114 cm³/mol. The van der Waals surface area contributed by atoms with Crippen molar-refractivity contribution in [3.63, 3.8) is 0 Å². The third-order valence-corrected chi connectivity index (χ3v) is 5.49. The summed E-state index contributed by atoms with van der Waals surface area (Å²) in [6.45, 7) is 2.47. The lowest BCUT2D eigenvalue weighted by atomic mass is 9.89. The van der Waals surface area contributed by atoms with Gasteiger partial charge in [0.25, 0.3) is 11.8 Å². The first kappa shape index (κ1) is 21.5. The number of nitrogens with one attached hydrogen (secondary N) is 1. The third-order valence-electron chi connectivity index (χ3n) is 5.49. The van der Waals surface area contributed by atoms with Gasteiger partial charge >= 0.3 is 0 Å². The van der Waals surface area contributed by atoms with E-state index < -0.39 is 0 Å². The fourth-order valence-electron chi connectivity index (χ4n) is 3.70. The molecule has 0 bridgehead atoms. The first-order valence-corrected chi connectivity index (χ1v) is 10.3. The fraction of sp³-hybridized carbons (Fsp3) is 0.375. The van der Waals surface area contributed by atoms with Crippen LogP contribution in [0.15, 0.2) is 48.5 Å². The minimum Gasteiger partial charge on any atom is -0.383 e. The van der Waals surface area contributed by atoms with Gasteiger partial charge in [-0.15, -0.1) is 0 Å². The van der Waals surface area contributed by atoms with Crippen molar-refractivity contribution in [2.24, 2.45) is 5.92 Å². The van der Waals surface area contributed by atoms with Crippen LogP contribution in [-0.2, 0) is 11.2 Å². The lowest BCUT2D eigenvalue weighted by Gasteiger charge is -2.32. The number of carbonyl (C=O) groups excluding carboxylic acids is 2. The molecule has 2 aromatic rings. The van der Waals surface area contributed by atoms with Gasteiger partial charge in [0.15, 0.2) is 0 Å². The first-order valence-electron chi connectivity index (χ1n) is 10.3. The van der Waals surface area contributed by atoms with Gasteiger partial charge in [-0.2, -0.15) is 5.26 Å². The maximum Gasteiger partial charge on any atom is 0.253 e. The van der Waals surface area contributed by atoms with E-state index in [2.05, 4.69) is 11.4 Å². The van der Waals surface area contributed by atoms with Crippen LogP contribution >= 0.6 is 0 Å². The van der Waals surface area contributed by atoms with Gasteiger partial charge in [0.1, 0.15) is 0 Å². The highest BCUT2D eigenvalue weighted by atomic mass is 16.5. The minimum absolute atomic E-state index is 0.0294. The quantitative estimate of drug-likeness (QED) is 0.718. The molecule has 156 valence electrons. The van der Waals surface area contributed by atoms with Gasteiger partial charge in [-0.1, -0.05) is 12.1 Å². The summed E-state index contributed by atoms with van der Waals surface area (Å²) in [7, 11) is 1.61. The molecule has 0 spiro atoms. The molecule has 2 aromatic carbocycles. The van der Waals surface area contributed by atoms with Crippen molar-refractivity contribution in [2.45, 2.75) is 19.3 Å². The Bertz CT molecular complexity index is 893. The van der Waals surface area contributed by atoms with E-state index in [1.54, 1.807) is 31.4 Å². The van der Waals surface area contributed by atoms with Crippen LogP contribution in [0.4, 0.5) is 0 Å². The number of methoxy groups -OCH3 is 1. The van der Waals surface area contributed by atoms with Crippen LogP contribution < -0.4 is 5.32 Å². The highest BCUT2D eigenvalue weighted by Crippen LogP contribution is 2.23. The van der Waals surface area contributed by atoms with Crippen molar-refractivity contribution < 1.29 is 14.3 Å². The molecule has 2 amide bonds. The highest BCUT2D eigenvalue weighted by Gasteiger charge is 2.23. The van der Waals surface area contributed by atoms with Crippen molar-refractivity contribution in [1.82, 2.24) is 10.2 Å². The Balaban J connectivity index is 1.47. The van der Waals surface area contributed by atoms with Crippen molar-refractivity contribution in [1.29, 1.82) is 5.26 Å². The smallest absolute Gasteiger partial charge is 0.253 e. The van der Waals surface area contributed by atoms with E-state index in [4.69, 9.17) is 10.00 Å². The Hall–Kier alpha value is -3.17. The number of nitrogens with zero attached hydrogens (tertiary/aromatic N) is 2. The zero-order valence-electron chi connectivity index (χ0n) is 17.3. The summed E-state index contributed by atoms with van der Waals surface area (Å²) in [5, 5.41) is 11.7. The summed E-state index contributed by atoms with van der Waals surface area (Å²) < 4.78 is 4.94. The SMILES string of the molecule is COCCNC(=O)c1ccc(CC2CCN(C(=O)c3ccc(C#N)cc3)CC2)cc1. The summed E-state index contributed by atoms with van der Waals surface area (Å²) in [5.41, 5.74) is 3.05. The Morgan fingerprint density at radius 2 is 1.70 bits per heavy atom. The van der Waals surface area contributed by atoms with Gasteiger partial charge in [-0.25, -0.2) is 0 Å². The Morgan fingerprint density at radius 3 is 2.30 bits per heavy atom. The number of carbonyl (C=O) groups is 2. The van der Waals surface area contributed by atoms with Crippen molar-refractivity contribution >= 4 is 11.8 Å². The summed E-state index contributed by atoms with van der Waals surface area (Å²) in [4.78, 5) is 26.6. The third kappa shape index (κ3) is 5.68. The first-order chi connectivity index (χ1) is 14.6. The predicted octanol–water partition coefficient (Wildman–Crippen LogP) is 3.03. The maximum absolute atomic E-state index is 12.7. The van der Waals surface area contributed by atoms with E-state index in [-0.39, 0.29) is 11.8 Å². The second kappa shape index (κ2) is 10.6. The summed E-state index contributed by atoms with van der Waals surface area (Å²) in [6, 6.07) is 16.6. The van der Waals surface area contributed by atoms with Gasteiger partial charge in [0.05, 0.1) is 18.2 Å². The molecule has 0 aliphatic carbocycles. The monoisotopic (exact) mass is 405 g/mol. The Labute approximate surface area is 177 Å². The molecule has 6 heteroatoms. The number of amides is 2. The second-order valence-corrected chi connectivity index (χ2v) is 7.57. The second-order valence-electron chi connectivity index (χ2n) is 7.57. The minimum atomic E-state index is -0.0896. The molecule has 0 unspecified atom stereocenters. The molecule has 0 atom stereocenters. The van der Waals surface area contributed by atoms with Crippen LogP contribution in [0.5, 0.6) is 0 Å². The summed E-state index contributed by atoms with van der Waals surface area (Å²) >= 11 is 0. The maximum atomic E-state index is 12.7. The molecule has 1 saturated heterocycles. The van der Waals surface area contributed by atoms with Crippen LogP contribution in [-0.4, -0.2) is 50.1 Å². The van der Waals surface area contributed by atoms with Crippen molar-refractivity contribution in [3.05, 3.63) is 70.8 Å². The number of ether oxygens (including phenoxy) is 1. The van der Waals surface area contributed by atoms with Gasteiger partial charge < -0.3 is 15.0 Å². The average Bonchev–Trinajstić information content (AvgIpc) is 2.80. The molecule has 6 nitrogen and oxygen atoms in total. The van der Waals surface area contributed by atoms with E-state index >= 15 is 0 Å². The standard InChI is InChI=1S/C24H27N3O3/c1-30-15-12-26-23(28)21-6-2-18(3-7-21)16-19-10-13-27(14-11-19)24(29)22-8-4-20(17-25)5-9-22/h2-9,19H,10-16H2,1H3,(H,26,28). The van der Waals surface area contributed by atoms with Crippen LogP contribution in [0.1, 0.15) is 44.7 Å². The molecule has 3 rings (SSSR count). The van der Waals surface area contributed by atoms with E-state index in [1.165, 1.54) is 5.56 Å². The van der Waals surface area contributed by atoms with E-state index in [9.17, 15) is 9.59 Å². The Kier molecular flexibility index (Phi) is 7.58. The molecule has 30 heavy (non-hydrogen) atoms. The van der Waals surface area contributed by atoms with E-state index in [0.29, 0.717) is 35.8 Å². The van der Waals surface area contributed by atoms with Crippen LogP contribution in [0, 0.1) is 17.2 Å². The number of hydrogen-bond donors (Lipinski definition) is 1. The molecule has 1 heterocycles. The van der Waals surface area contributed by atoms with Crippen LogP contribution in [0.3, 0.4) is 0 Å². The molecule has 1 N–H and O–H groups in total. The number of hydrogen-bond acceptors (Lipinski definition) is 4. The van der Waals surface area contributed by atoms with Gasteiger partial charge in [-0.05, 0) is 67.1 Å². The zero-order chi connectivity index (χ0) is 21.3. The van der Waals surface area contributed by atoms with Crippen molar-refractivity contribution in [3.8, 4) is 6.07 Å². The number of likely N-dealkylation sites (tertiary alicyclic amines) is 1. The van der Waals surface area contributed by atoms with Crippen LogP contribution in [0.2, 0.25) is 0 Å². The highest BCUT2D eigenvalue weighted by molar-refractivity contribution is 5.94. The van der Waals surface area contributed by atoms with Gasteiger partial charge in [0, 0.05) is 37.9 Å². The summed E-state index contributed by atoms with van der Waals surface area (Å²) in [5.74, 6) is 0.464. The topological polar surface area (TPSA) is 82.4 Å². The van der Waals surface area contributed by atoms with E-state index in [0.717, 1.165) is 32.4 Å². The van der Waals surface area contributed by atoms with Crippen molar-refractivity contribution in [2.75, 3.05) is 33.4 Å². The largest absolute Gasteiger partial charge is 0.383 e. The van der Waals surface area contributed by atoms with Gasteiger partial charge in [0.2, 0.25) is 0 Å². The Morgan fingerprint density at radius 1 is 1.07 bits per heavy atom. The number of benzene rings is 2. The summed E-state index contributed by atoms with van der Waals surface area (Å²) in [6.07, 6.45) is 2.87. The average molecular weight is 405 g/mol. The molecular weight excluding hydrogens is 378 g/mol. The normalized spacial score (nSPS) is 14.2. The molecule has 1 aliphatic rings. The van der Waals surface area contributed by atoms with Crippen LogP contribution in [0.25, 0.3) is 0 Å². The lowest BCUT2D eigenvalue weighted by molar-refractivity contribution is 0.0690.